The van der Waals surface area contributed by atoms with Crippen LogP contribution in [0, 0.1) is 0 Å². The standard InChI is InChI=1S/C23H20O/c1-3-19-9-11-20(12-10-19)17-24-23-15-13-22(14-16-23)18(2)21-7-5-4-6-8-21/h3-16H,1-2,17H2. The highest BCUT2D eigenvalue weighted by Crippen LogP contribution is 2.23. The second kappa shape index (κ2) is 7.47. The van der Waals surface area contributed by atoms with Gasteiger partial charge in [-0.1, -0.05) is 86.0 Å². The maximum Gasteiger partial charge on any atom is 0.119 e. The van der Waals surface area contributed by atoms with Crippen molar-refractivity contribution in [1.82, 2.24) is 0 Å². The van der Waals surface area contributed by atoms with E-state index in [2.05, 4.69) is 37.4 Å². The second-order valence-electron chi connectivity index (χ2n) is 5.60. The van der Waals surface area contributed by atoms with Crippen LogP contribution in [-0.2, 0) is 6.61 Å². The Balaban J connectivity index is 1.64. The normalized spacial score (nSPS) is 10.2. The molecule has 3 aromatic rings. The summed E-state index contributed by atoms with van der Waals surface area (Å²) in [7, 11) is 0. The summed E-state index contributed by atoms with van der Waals surface area (Å²) in [5.74, 6) is 0.854. The van der Waals surface area contributed by atoms with Crippen molar-refractivity contribution in [2.75, 3.05) is 0 Å². The van der Waals surface area contributed by atoms with Crippen LogP contribution in [-0.4, -0.2) is 0 Å². The van der Waals surface area contributed by atoms with Gasteiger partial charge >= 0.3 is 0 Å². The first-order valence-electron chi connectivity index (χ1n) is 7.95. The molecule has 0 saturated carbocycles. The second-order valence-corrected chi connectivity index (χ2v) is 5.60. The van der Waals surface area contributed by atoms with Crippen LogP contribution in [0.4, 0.5) is 0 Å². The lowest BCUT2D eigenvalue weighted by Gasteiger charge is -2.09. The first-order valence-corrected chi connectivity index (χ1v) is 7.95. The highest BCUT2D eigenvalue weighted by Gasteiger charge is 2.03. The van der Waals surface area contributed by atoms with Crippen molar-refractivity contribution in [3.05, 3.63) is 114 Å². The van der Waals surface area contributed by atoms with E-state index in [0.29, 0.717) is 6.61 Å². The lowest BCUT2D eigenvalue weighted by molar-refractivity contribution is 0.306. The highest BCUT2D eigenvalue weighted by atomic mass is 16.5. The average molecular weight is 312 g/mol. The predicted octanol–water partition coefficient (Wildman–Crippen LogP) is 5.97. The van der Waals surface area contributed by atoms with E-state index in [0.717, 1.165) is 33.6 Å². The van der Waals surface area contributed by atoms with Crippen molar-refractivity contribution >= 4 is 11.6 Å². The minimum atomic E-state index is 0.552. The Morgan fingerprint density at radius 2 is 1.42 bits per heavy atom. The van der Waals surface area contributed by atoms with Gasteiger partial charge in [-0.25, -0.2) is 0 Å². The number of hydrogen-bond acceptors (Lipinski definition) is 1. The van der Waals surface area contributed by atoms with Gasteiger partial charge in [0.1, 0.15) is 12.4 Å². The van der Waals surface area contributed by atoms with Crippen LogP contribution in [0.2, 0.25) is 0 Å². The van der Waals surface area contributed by atoms with Gasteiger partial charge in [0.15, 0.2) is 0 Å². The zero-order valence-corrected chi connectivity index (χ0v) is 13.6. The SMILES string of the molecule is C=Cc1ccc(COc2ccc(C(=C)c3ccccc3)cc2)cc1. The van der Waals surface area contributed by atoms with Gasteiger partial charge in [-0.2, -0.15) is 0 Å². The van der Waals surface area contributed by atoms with E-state index in [1.54, 1.807) is 0 Å². The minimum absolute atomic E-state index is 0.552. The Labute approximate surface area is 143 Å². The molecule has 118 valence electrons. The maximum atomic E-state index is 5.85. The highest BCUT2D eigenvalue weighted by molar-refractivity contribution is 5.78. The van der Waals surface area contributed by atoms with Gasteiger partial charge in [-0.05, 0) is 40.0 Å². The van der Waals surface area contributed by atoms with Crippen LogP contribution in [0.15, 0.2) is 92.0 Å². The summed E-state index contributed by atoms with van der Waals surface area (Å²) >= 11 is 0. The lowest BCUT2D eigenvalue weighted by Crippen LogP contribution is -1.95. The van der Waals surface area contributed by atoms with E-state index >= 15 is 0 Å². The molecule has 0 amide bonds. The number of rotatable bonds is 6. The minimum Gasteiger partial charge on any atom is -0.489 e. The summed E-state index contributed by atoms with van der Waals surface area (Å²) < 4.78 is 5.85. The summed E-state index contributed by atoms with van der Waals surface area (Å²) in [6.45, 7) is 8.50. The van der Waals surface area contributed by atoms with Gasteiger partial charge in [-0.3, -0.25) is 0 Å². The van der Waals surface area contributed by atoms with Crippen molar-refractivity contribution in [3.63, 3.8) is 0 Å². The van der Waals surface area contributed by atoms with Crippen molar-refractivity contribution < 1.29 is 4.74 Å². The third-order valence-corrected chi connectivity index (χ3v) is 3.95. The Morgan fingerprint density at radius 1 is 0.792 bits per heavy atom. The number of benzene rings is 3. The van der Waals surface area contributed by atoms with E-state index in [1.807, 2.05) is 60.7 Å². The van der Waals surface area contributed by atoms with Crippen molar-refractivity contribution in [1.29, 1.82) is 0 Å². The molecule has 1 nitrogen and oxygen atoms in total. The van der Waals surface area contributed by atoms with Gasteiger partial charge in [0.2, 0.25) is 0 Å². The summed E-state index contributed by atoms with van der Waals surface area (Å²) in [5, 5.41) is 0. The quantitative estimate of drug-likeness (QED) is 0.545. The van der Waals surface area contributed by atoms with Gasteiger partial charge < -0.3 is 4.74 Å². The monoisotopic (exact) mass is 312 g/mol. The lowest BCUT2D eigenvalue weighted by atomic mass is 10.00. The summed E-state index contributed by atoms with van der Waals surface area (Å²) in [6, 6.07) is 26.5. The van der Waals surface area contributed by atoms with Crippen molar-refractivity contribution in [3.8, 4) is 5.75 Å². The molecule has 0 fully saturated rings. The van der Waals surface area contributed by atoms with E-state index in [1.165, 1.54) is 0 Å². The fourth-order valence-electron chi connectivity index (χ4n) is 2.47. The number of ether oxygens (including phenoxy) is 1. The van der Waals surface area contributed by atoms with E-state index in [-0.39, 0.29) is 0 Å². The molecule has 0 aliphatic carbocycles. The average Bonchev–Trinajstić information content (AvgIpc) is 2.67. The molecule has 0 aliphatic heterocycles. The molecule has 3 rings (SSSR count). The molecule has 0 saturated heterocycles. The van der Waals surface area contributed by atoms with Crippen molar-refractivity contribution in [2.24, 2.45) is 0 Å². The summed E-state index contributed by atoms with van der Waals surface area (Å²) in [5.41, 5.74) is 5.50. The third kappa shape index (κ3) is 3.82. The van der Waals surface area contributed by atoms with Gasteiger partial charge in [-0.15, -0.1) is 0 Å². The molecule has 1 heteroatoms. The zero-order chi connectivity index (χ0) is 16.8. The van der Waals surface area contributed by atoms with Crippen LogP contribution in [0.25, 0.3) is 11.6 Å². The van der Waals surface area contributed by atoms with Gasteiger partial charge in [0.25, 0.3) is 0 Å². The molecular weight excluding hydrogens is 292 g/mol. The van der Waals surface area contributed by atoms with E-state index in [4.69, 9.17) is 4.74 Å². The van der Waals surface area contributed by atoms with Gasteiger partial charge in [0.05, 0.1) is 0 Å². The summed E-state index contributed by atoms with van der Waals surface area (Å²) in [4.78, 5) is 0. The Kier molecular flexibility index (Phi) is 4.93. The molecule has 0 aliphatic rings. The van der Waals surface area contributed by atoms with E-state index in [9.17, 15) is 0 Å². The van der Waals surface area contributed by atoms with Crippen LogP contribution >= 0.6 is 0 Å². The Hall–Kier alpha value is -3.06. The zero-order valence-electron chi connectivity index (χ0n) is 13.6. The van der Waals surface area contributed by atoms with Gasteiger partial charge in [0, 0.05) is 0 Å². The molecule has 0 aromatic heterocycles. The van der Waals surface area contributed by atoms with Crippen LogP contribution in [0.5, 0.6) is 5.75 Å². The smallest absolute Gasteiger partial charge is 0.119 e. The van der Waals surface area contributed by atoms with Crippen LogP contribution in [0.1, 0.15) is 22.3 Å². The van der Waals surface area contributed by atoms with Crippen LogP contribution < -0.4 is 4.74 Å². The van der Waals surface area contributed by atoms with Crippen LogP contribution in [0.3, 0.4) is 0 Å². The molecular formula is C23H20O. The Bertz CT molecular complexity index is 812. The summed E-state index contributed by atoms with van der Waals surface area (Å²) in [6.07, 6.45) is 1.84. The predicted molar refractivity (Wildman–Crippen MR) is 102 cm³/mol. The molecule has 0 unspecified atom stereocenters. The molecule has 0 bridgehead atoms. The van der Waals surface area contributed by atoms with E-state index < -0.39 is 0 Å². The molecule has 0 radical (unpaired) electrons. The topological polar surface area (TPSA) is 9.23 Å². The first kappa shape index (κ1) is 15.8. The molecule has 24 heavy (non-hydrogen) atoms. The molecule has 3 aromatic carbocycles. The molecule has 0 spiro atoms. The molecule has 0 N–H and O–H groups in total. The fourth-order valence-corrected chi connectivity index (χ4v) is 2.47. The number of hydrogen-bond donors (Lipinski definition) is 0. The Morgan fingerprint density at radius 3 is 2.04 bits per heavy atom. The molecule has 0 heterocycles. The van der Waals surface area contributed by atoms with Crippen molar-refractivity contribution in [2.45, 2.75) is 6.61 Å². The fraction of sp³-hybridized carbons (Fsp3) is 0.0435. The third-order valence-electron chi connectivity index (χ3n) is 3.95. The largest absolute Gasteiger partial charge is 0.489 e. The molecule has 0 atom stereocenters. The first-order chi connectivity index (χ1) is 11.8. The maximum absolute atomic E-state index is 5.85.